The molecular formula is C17H15ClN4S. The summed E-state index contributed by atoms with van der Waals surface area (Å²) in [5, 5.41) is 5.06. The molecule has 2 N–H and O–H groups in total. The van der Waals surface area contributed by atoms with Crippen molar-refractivity contribution in [1.29, 1.82) is 0 Å². The maximum absolute atomic E-state index is 6.18. The average Bonchev–Trinajstić information content (AvgIpc) is 2.87. The molecule has 4 nitrogen and oxygen atoms in total. The molecule has 0 spiro atoms. The van der Waals surface area contributed by atoms with E-state index in [0.717, 1.165) is 26.1 Å². The van der Waals surface area contributed by atoms with Crippen LogP contribution in [-0.2, 0) is 0 Å². The van der Waals surface area contributed by atoms with Gasteiger partial charge in [0.05, 0.1) is 23.1 Å². The van der Waals surface area contributed by atoms with Crippen LogP contribution in [0.4, 0.5) is 5.95 Å². The number of rotatable bonds is 4. The third-order valence-electron chi connectivity index (χ3n) is 3.11. The molecule has 0 fully saturated rings. The summed E-state index contributed by atoms with van der Waals surface area (Å²) in [4.78, 5) is 6.26. The van der Waals surface area contributed by atoms with E-state index in [1.54, 1.807) is 28.8 Å². The molecule has 0 saturated heterocycles. The number of nitrogens with two attached hydrogens (primary N) is 1. The van der Waals surface area contributed by atoms with Crippen molar-refractivity contribution >= 4 is 35.5 Å². The number of nitrogen functional groups attached to an aromatic ring is 1. The zero-order chi connectivity index (χ0) is 16.2. The molecule has 6 heteroatoms. The molecule has 0 saturated carbocycles. The van der Waals surface area contributed by atoms with E-state index in [2.05, 4.69) is 10.1 Å². The Morgan fingerprint density at radius 2 is 1.91 bits per heavy atom. The van der Waals surface area contributed by atoms with Crippen LogP contribution in [0.25, 0.3) is 0 Å². The molecule has 0 aliphatic rings. The third kappa shape index (κ3) is 3.94. The van der Waals surface area contributed by atoms with Crippen molar-refractivity contribution in [3.05, 3.63) is 71.0 Å². The minimum atomic E-state index is 0.379. The summed E-state index contributed by atoms with van der Waals surface area (Å²) in [6, 6.07) is 15.9. The van der Waals surface area contributed by atoms with Crippen molar-refractivity contribution in [2.75, 3.05) is 5.73 Å². The van der Waals surface area contributed by atoms with Gasteiger partial charge in [0, 0.05) is 9.79 Å². The van der Waals surface area contributed by atoms with E-state index >= 15 is 0 Å². The molecular weight excluding hydrogens is 328 g/mol. The van der Waals surface area contributed by atoms with Crippen LogP contribution in [0, 0.1) is 6.92 Å². The Morgan fingerprint density at radius 1 is 1.17 bits per heavy atom. The molecule has 116 valence electrons. The molecule has 3 aromatic rings. The van der Waals surface area contributed by atoms with Gasteiger partial charge in [-0.15, -0.1) is 0 Å². The van der Waals surface area contributed by atoms with E-state index in [4.69, 9.17) is 17.3 Å². The number of hydrogen-bond donors (Lipinski definition) is 1. The lowest BCUT2D eigenvalue weighted by Gasteiger charge is -2.04. The number of hydrogen-bond acceptors (Lipinski definition) is 4. The van der Waals surface area contributed by atoms with Gasteiger partial charge >= 0.3 is 0 Å². The van der Waals surface area contributed by atoms with Gasteiger partial charge in [0.2, 0.25) is 5.95 Å². The van der Waals surface area contributed by atoms with Crippen LogP contribution in [0.3, 0.4) is 0 Å². The molecule has 0 radical (unpaired) electrons. The van der Waals surface area contributed by atoms with Gasteiger partial charge in [-0.1, -0.05) is 47.6 Å². The van der Waals surface area contributed by atoms with E-state index in [-0.39, 0.29) is 0 Å². The van der Waals surface area contributed by atoms with Gasteiger partial charge < -0.3 is 5.73 Å². The van der Waals surface area contributed by atoms with Crippen LogP contribution in [0.1, 0.15) is 11.3 Å². The summed E-state index contributed by atoms with van der Waals surface area (Å²) in [6.07, 6.45) is 3.54. The standard InChI is InChI=1S/C17H15ClN4S/c1-12-11-22(17(19)21-12)20-10-13-6-8-14(9-7-13)23-16-5-3-2-4-15(16)18/h2-11H,1H3,(H2,19,21). The number of nitrogens with zero attached hydrogens (tertiary/aromatic N) is 3. The first-order valence-electron chi connectivity index (χ1n) is 7.00. The van der Waals surface area contributed by atoms with Crippen molar-refractivity contribution in [2.24, 2.45) is 5.10 Å². The lowest BCUT2D eigenvalue weighted by Crippen LogP contribution is -1.96. The van der Waals surface area contributed by atoms with Crippen LogP contribution in [0.2, 0.25) is 5.02 Å². The average molecular weight is 343 g/mol. The first-order valence-corrected chi connectivity index (χ1v) is 8.19. The van der Waals surface area contributed by atoms with Gasteiger partial charge in [-0.3, -0.25) is 0 Å². The third-order valence-corrected chi connectivity index (χ3v) is 4.64. The highest BCUT2D eigenvalue weighted by Crippen LogP contribution is 2.32. The first kappa shape index (κ1) is 15.6. The molecule has 1 heterocycles. The largest absolute Gasteiger partial charge is 0.368 e. The number of aromatic nitrogens is 2. The summed E-state index contributed by atoms with van der Waals surface area (Å²) in [6.45, 7) is 1.88. The van der Waals surface area contributed by atoms with Gasteiger partial charge in [0.1, 0.15) is 0 Å². The predicted molar refractivity (Wildman–Crippen MR) is 96.4 cm³/mol. The maximum Gasteiger partial charge on any atom is 0.221 e. The summed E-state index contributed by atoms with van der Waals surface area (Å²) in [5.74, 6) is 0.379. The van der Waals surface area contributed by atoms with Crippen molar-refractivity contribution in [1.82, 2.24) is 9.66 Å². The van der Waals surface area contributed by atoms with Gasteiger partial charge in [0.25, 0.3) is 0 Å². The summed E-state index contributed by atoms with van der Waals surface area (Å²) < 4.78 is 1.56. The first-order chi connectivity index (χ1) is 11.1. The summed E-state index contributed by atoms with van der Waals surface area (Å²) in [5.41, 5.74) is 7.58. The molecule has 0 bridgehead atoms. The van der Waals surface area contributed by atoms with Crippen LogP contribution >= 0.6 is 23.4 Å². The monoisotopic (exact) mass is 342 g/mol. The van der Waals surface area contributed by atoms with Gasteiger partial charge in [0.15, 0.2) is 0 Å². The maximum atomic E-state index is 6.18. The SMILES string of the molecule is Cc1cn(N=Cc2ccc(Sc3ccccc3Cl)cc2)c(N)n1. The molecule has 0 aliphatic carbocycles. The van der Waals surface area contributed by atoms with Crippen molar-refractivity contribution in [2.45, 2.75) is 16.7 Å². The number of aryl methyl sites for hydroxylation is 1. The second-order valence-electron chi connectivity index (χ2n) is 4.93. The molecule has 3 rings (SSSR count). The van der Waals surface area contributed by atoms with Gasteiger partial charge in [-0.2, -0.15) is 5.10 Å². The molecule has 0 unspecified atom stereocenters. The Labute approximate surface area is 144 Å². The minimum Gasteiger partial charge on any atom is -0.368 e. The molecule has 2 aromatic carbocycles. The molecule has 0 atom stereocenters. The molecule has 0 amide bonds. The zero-order valence-electron chi connectivity index (χ0n) is 12.5. The van der Waals surface area contributed by atoms with Crippen molar-refractivity contribution in [3.8, 4) is 0 Å². The minimum absolute atomic E-state index is 0.379. The summed E-state index contributed by atoms with van der Waals surface area (Å²) >= 11 is 7.81. The molecule has 23 heavy (non-hydrogen) atoms. The van der Waals surface area contributed by atoms with Gasteiger partial charge in [-0.25, -0.2) is 9.66 Å². The van der Waals surface area contributed by atoms with Crippen molar-refractivity contribution in [3.63, 3.8) is 0 Å². The fourth-order valence-corrected chi connectivity index (χ4v) is 3.09. The smallest absolute Gasteiger partial charge is 0.221 e. The lowest BCUT2D eigenvalue weighted by atomic mass is 10.2. The highest BCUT2D eigenvalue weighted by Gasteiger charge is 2.02. The zero-order valence-corrected chi connectivity index (χ0v) is 14.1. The van der Waals surface area contributed by atoms with E-state index in [1.807, 2.05) is 55.5 Å². The van der Waals surface area contributed by atoms with Crippen LogP contribution < -0.4 is 5.73 Å². The highest BCUT2D eigenvalue weighted by atomic mass is 35.5. The Hall–Kier alpha value is -2.24. The number of imidazole rings is 1. The second-order valence-corrected chi connectivity index (χ2v) is 6.45. The highest BCUT2D eigenvalue weighted by molar-refractivity contribution is 7.99. The Morgan fingerprint density at radius 3 is 2.57 bits per heavy atom. The number of benzene rings is 2. The quantitative estimate of drug-likeness (QED) is 0.712. The van der Waals surface area contributed by atoms with Crippen LogP contribution in [0.5, 0.6) is 0 Å². The van der Waals surface area contributed by atoms with Crippen LogP contribution in [-0.4, -0.2) is 15.9 Å². The van der Waals surface area contributed by atoms with E-state index in [0.29, 0.717) is 5.95 Å². The number of anilines is 1. The fourth-order valence-electron chi connectivity index (χ4n) is 2.00. The number of halogens is 1. The Kier molecular flexibility index (Phi) is 4.69. The lowest BCUT2D eigenvalue weighted by molar-refractivity contribution is 0.897. The normalized spacial score (nSPS) is 11.2. The van der Waals surface area contributed by atoms with E-state index in [9.17, 15) is 0 Å². The second kappa shape index (κ2) is 6.89. The molecule has 0 aliphatic heterocycles. The van der Waals surface area contributed by atoms with Crippen molar-refractivity contribution < 1.29 is 0 Å². The summed E-state index contributed by atoms with van der Waals surface area (Å²) in [7, 11) is 0. The molecule has 1 aromatic heterocycles. The topological polar surface area (TPSA) is 56.2 Å². The Balaban J connectivity index is 1.72. The van der Waals surface area contributed by atoms with Gasteiger partial charge in [-0.05, 0) is 36.8 Å². The van der Waals surface area contributed by atoms with Crippen LogP contribution in [0.15, 0.2) is 69.6 Å². The van der Waals surface area contributed by atoms with E-state index < -0.39 is 0 Å². The predicted octanol–water partition coefficient (Wildman–Crippen LogP) is 4.46. The Bertz CT molecular complexity index is 840. The fraction of sp³-hybridized carbons (Fsp3) is 0.0588. The van der Waals surface area contributed by atoms with E-state index in [1.165, 1.54) is 0 Å².